The molecule has 0 spiro atoms. The van der Waals surface area contributed by atoms with Gasteiger partial charge in [-0.1, -0.05) is 32.3 Å². The van der Waals surface area contributed by atoms with Crippen LogP contribution in [0.1, 0.15) is 32.6 Å². The standard InChI is InChI=1S/C11H16O4/c1-7-4-2-3-5-8(7)6-9(10(12)13)11(14)15/h6-8H,2-5H2,1H3,(H,12,13)(H,14,15). The Morgan fingerprint density at radius 1 is 1.13 bits per heavy atom. The lowest BCUT2D eigenvalue weighted by atomic mass is 9.79. The van der Waals surface area contributed by atoms with Gasteiger partial charge in [-0.25, -0.2) is 9.59 Å². The molecule has 0 aromatic heterocycles. The molecule has 0 radical (unpaired) electrons. The zero-order valence-corrected chi connectivity index (χ0v) is 8.77. The van der Waals surface area contributed by atoms with Crippen LogP contribution in [0, 0.1) is 11.8 Å². The van der Waals surface area contributed by atoms with Crippen LogP contribution in [0.5, 0.6) is 0 Å². The van der Waals surface area contributed by atoms with Gasteiger partial charge in [0.15, 0.2) is 0 Å². The van der Waals surface area contributed by atoms with Gasteiger partial charge in [0.1, 0.15) is 5.57 Å². The maximum Gasteiger partial charge on any atom is 0.342 e. The molecule has 2 unspecified atom stereocenters. The predicted molar refractivity (Wildman–Crippen MR) is 54.5 cm³/mol. The Balaban J connectivity index is 2.81. The highest BCUT2D eigenvalue weighted by molar-refractivity contribution is 6.12. The van der Waals surface area contributed by atoms with E-state index in [1.807, 2.05) is 6.92 Å². The van der Waals surface area contributed by atoms with Crippen molar-refractivity contribution in [3.05, 3.63) is 11.6 Å². The average Bonchev–Trinajstić information content (AvgIpc) is 2.15. The SMILES string of the molecule is CC1CCCCC1C=C(C(=O)O)C(=O)O. The molecule has 1 aliphatic rings. The molecule has 0 saturated heterocycles. The third kappa shape index (κ3) is 3.08. The second-order valence-corrected chi connectivity index (χ2v) is 4.12. The van der Waals surface area contributed by atoms with E-state index in [1.165, 1.54) is 6.08 Å². The fourth-order valence-corrected chi connectivity index (χ4v) is 2.04. The molecule has 1 saturated carbocycles. The van der Waals surface area contributed by atoms with Crippen molar-refractivity contribution in [1.82, 2.24) is 0 Å². The number of carboxylic acid groups (broad SMARTS) is 2. The van der Waals surface area contributed by atoms with Gasteiger partial charge in [0.25, 0.3) is 0 Å². The molecular weight excluding hydrogens is 196 g/mol. The average molecular weight is 212 g/mol. The molecule has 1 fully saturated rings. The highest BCUT2D eigenvalue weighted by Crippen LogP contribution is 2.31. The van der Waals surface area contributed by atoms with Crippen molar-refractivity contribution in [1.29, 1.82) is 0 Å². The van der Waals surface area contributed by atoms with Crippen molar-refractivity contribution < 1.29 is 19.8 Å². The molecule has 4 nitrogen and oxygen atoms in total. The second-order valence-electron chi connectivity index (χ2n) is 4.12. The summed E-state index contributed by atoms with van der Waals surface area (Å²) in [7, 11) is 0. The predicted octanol–water partition coefficient (Wildman–Crippen LogP) is 1.91. The molecule has 0 aromatic carbocycles. The molecule has 15 heavy (non-hydrogen) atoms. The fourth-order valence-electron chi connectivity index (χ4n) is 2.04. The van der Waals surface area contributed by atoms with Crippen LogP contribution in [0.4, 0.5) is 0 Å². The molecule has 2 atom stereocenters. The minimum atomic E-state index is -1.35. The van der Waals surface area contributed by atoms with Gasteiger partial charge in [-0.3, -0.25) is 0 Å². The van der Waals surface area contributed by atoms with Crippen molar-refractivity contribution in [3.8, 4) is 0 Å². The number of hydrogen-bond acceptors (Lipinski definition) is 2. The van der Waals surface area contributed by atoms with Gasteiger partial charge < -0.3 is 10.2 Å². The number of hydrogen-bond donors (Lipinski definition) is 2. The van der Waals surface area contributed by atoms with Gasteiger partial charge in [0, 0.05) is 0 Å². The summed E-state index contributed by atoms with van der Waals surface area (Å²) in [5.41, 5.74) is -0.492. The highest BCUT2D eigenvalue weighted by Gasteiger charge is 2.24. The van der Waals surface area contributed by atoms with Crippen LogP contribution < -0.4 is 0 Å². The molecule has 84 valence electrons. The maximum absolute atomic E-state index is 10.7. The summed E-state index contributed by atoms with van der Waals surface area (Å²) in [5.74, 6) is -2.21. The van der Waals surface area contributed by atoms with Crippen LogP contribution in [0.2, 0.25) is 0 Å². The summed E-state index contributed by atoms with van der Waals surface area (Å²) in [6.07, 6.45) is 5.56. The minimum Gasteiger partial charge on any atom is -0.477 e. The van der Waals surface area contributed by atoms with Gasteiger partial charge in [-0.15, -0.1) is 0 Å². The number of aliphatic carboxylic acids is 2. The smallest absolute Gasteiger partial charge is 0.342 e. The molecule has 2 N–H and O–H groups in total. The lowest BCUT2D eigenvalue weighted by molar-refractivity contribution is -0.140. The Hall–Kier alpha value is -1.32. The Morgan fingerprint density at radius 3 is 2.13 bits per heavy atom. The number of carboxylic acids is 2. The molecule has 0 aliphatic heterocycles. The van der Waals surface area contributed by atoms with Crippen LogP contribution in [0.15, 0.2) is 11.6 Å². The van der Waals surface area contributed by atoms with Gasteiger partial charge >= 0.3 is 11.9 Å². The van der Waals surface area contributed by atoms with E-state index in [1.54, 1.807) is 0 Å². The van der Waals surface area contributed by atoms with Crippen molar-refractivity contribution >= 4 is 11.9 Å². The Labute approximate surface area is 88.6 Å². The molecule has 4 heteroatoms. The van der Waals surface area contributed by atoms with E-state index in [0.717, 1.165) is 25.7 Å². The minimum absolute atomic E-state index is 0.0981. The summed E-state index contributed by atoms with van der Waals surface area (Å²) >= 11 is 0. The molecular formula is C11H16O4. The number of carbonyl (C=O) groups is 2. The van der Waals surface area contributed by atoms with Crippen LogP contribution >= 0.6 is 0 Å². The fraction of sp³-hybridized carbons (Fsp3) is 0.636. The monoisotopic (exact) mass is 212 g/mol. The normalized spacial score (nSPS) is 25.7. The van der Waals surface area contributed by atoms with Crippen molar-refractivity contribution in [2.45, 2.75) is 32.6 Å². The molecule has 0 heterocycles. The summed E-state index contributed by atoms with van der Waals surface area (Å²) in [5, 5.41) is 17.4. The first-order valence-corrected chi connectivity index (χ1v) is 5.20. The number of allylic oxidation sites excluding steroid dienone is 1. The van der Waals surface area contributed by atoms with E-state index in [9.17, 15) is 9.59 Å². The van der Waals surface area contributed by atoms with E-state index < -0.39 is 17.5 Å². The molecule has 1 rings (SSSR count). The summed E-state index contributed by atoms with van der Waals surface area (Å²) in [4.78, 5) is 21.3. The summed E-state index contributed by atoms with van der Waals surface area (Å²) in [6.45, 7) is 2.04. The van der Waals surface area contributed by atoms with Crippen LogP contribution in [0.25, 0.3) is 0 Å². The third-order valence-electron chi connectivity index (χ3n) is 3.02. The lowest BCUT2D eigenvalue weighted by Gasteiger charge is -2.26. The molecule has 0 amide bonds. The molecule has 0 bridgehead atoms. The Morgan fingerprint density at radius 2 is 1.67 bits per heavy atom. The van der Waals surface area contributed by atoms with Crippen LogP contribution in [0.3, 0.4) is 0 Å². The lowest BCUT2D eigenvalue weighted by Crippen LogP contribution is -2.19. The zero-order chi connectivity index (χ0) is 11.4. The van der Waals surface area contributed by atoms with Gasteiger partial charge in [-0.05, 0) is 18.3 Å². The van der Waals surface area contributed by atoms with E-state index >= 15 is 0 Å². The van der Waals surface area contributed by atoms with E-state index in [-0.39, 0.29) is 5.92 Å². The first-order chi connectivity index (χ1) is 7.02. The van der Waals surface area contributed by atoms with Gasteiger partial charge in [0.2, 0.25) is 0 Å². The van der Waals surface area contributed by atoms with Crippen molar-refractivity contribution in [2.24, 2.45) is 11.8 Å². The van der Waals surface area contributed by atoms with Gasteiger partial charge in [0.05, 0.1) is 0 Å². The first kappa shape index (κ1) is 11.8. The first-order valence-electron chi connectivity index (χ1n) is 5.20. The van der Waals surface area contributed by atoms with Crippen molar-refractivity contribution in [2.75, 3.05) is 0 Å². The summed E-state index contributed by atoms with van der Waals surface area (Å²) < 4.78 is 0. The Bertz CT molecular complexity index is 277. The Kier molecular flexibility index (Phi) is 3.88. The van der Waals surface area contributed by atoms with Gasteiger partial charge in [-0.2, -0.15) is 0 Å². The summed E-state index contributed by atoms with van der Waals surface area (Å²) in [6, 6.07) is 0. The van der Waals surface area contributed by atoms with E-state index in [2.05, 4.69) is 0 Å². The second kappa shape index (κ2) is 4.96. The van der Waals surface area contributed by atoms with E-state index in [4.69, 9.17) is 10.2 Å². The quantitative estimate of drug-likeness (QED) is 0.425. The van der Waals surface area contributed by atoms with Crippen LogP contribution in [-0.2, 0) is 9.59 Å². The molecule has 0 aromatic rings. The van der Waals surface area contributed by atoms with E-state index in [0.29, 0.717) is 5.92 Å². The van der Waals surface area contributed by atoms with Crippen LogP contribution in [-0.4, -0.2) is 22.2 Å². The topological polar surface area (TPSA) is 74.6 Å². The van der Waals surface area contributed by atoms with Crippen molar-refractivity contribution in [3.63, 3.8) is 0 Å². The third-order valence-corrected chi connectivity index (χ3v) is 3.02. The maximum atomic E-state index is 10.7. The highest BCUT2D eigenvalue weighted by atomic mass is 16.4. The largest absolute Gasteiger partial charge is 0.477 e. The molecule has 1 aliphatic carbocycles. The zero-order valence-electron chi connectivity index (χ0n) is 8.77. The number of rotatable bonds is 3.